The Morgan fingerprint density at radius 2 is 2.29 bits per heavy atom. The summed E-state index contributed by atoms with van der Waals surface area (Å²) in [5.74, 6) is 2.79. The topological polar surface area (TPSA) is 67.6 Å². The van der Waals surface area contributed by atoms with Gasteiger partial charge in [-0.15, -0.1) is 0 Å². The lowest BCUT2D eigenvalue weighted by atomic mass is 10.2. The number of fused-ring (bicyclic) bond motifs is 1. The molecule has 4 rings (SSSR count). The fourth-order valence-electron chi connectivity index (χ4n) is 2.72. The van der Waals surface area contributed by atoms with Gasteiger partial charge in [0.25, 0.3) is 0 Å². The number of urea groups is 1. The number of hydrogen-bond donors (Lipinski definition) is 1. The van der Waals surface area contributed by atoms with Crippen molar-refractivity contribution in [3.63, 3.8) is 0 Å². The molecule has 1 fully saturated rings. The normalized spacial score (nSPS) is 17.0. The highest BCUT2D eigenvalue weighted by Gasteiger charge is 2.28. The third-order valence-corrected chi connectivity index (χ3v) is 4.70. The minimum absolute atomic E-state index is 0.126. The summed E-state index contributed by atoms with van der Waals surface area (Å²) in [6, 6.07) is 5.74. The number of carbonyl (C=O) groups excluding carboxylic acids is 1. The second-order valence-electron chi connectivity index (χ2n) is 6.12. The summed E-state index contributed by atoms with van der Waals surface area (Å²) in [7, 11) is 0. The Bertz CT molecular complexity index is 757. The highest BCUT2D eigenvalue weighted by Crippen LogP contribution is 2.39. The Balaban J connectivity index is 1.37. The van der Waals surface area contributed by atoms with Gasteiger partial charge in [-0.1, -0.05) is 22.0 Å². The van der Waals surface area contributed by atoms with E-state index in [9.17, 15) is 4.79 Å². The Morgan fingerprint density at radius 3 is 3.12 bits per heavy atom. The number of oxazole rings is 1. The van der Waals surface area contributed by atoms with E-state index >= 15 is 0 Å². The van der Waals surface area contributed by atoms with Gasteiger partial charge in [-0.2, -0.15) is 0 Å². The molecular formula is C17H18BrN3O3. The standard InChI is InChI=1S/C17H18BrN3O3/c18-13-4-3-12-10-21(5-6-23-15(12)7-13)17(22)20-9-14-8-19-16(24-14)11-1-2-11/h3-4,7-8,11H,1-2,5-6,9-10H2,(H,20,22). The summed E-state index contributed by atoms with van der Waals surface area (Å²) >= 11 is 3.44. The molecule has 24 heavy (non-hydrogen) atoms. The van der Waals surface area contributed by atoms with Crippen LogP contribution in [0.2, 0.25) is 0 Å². The summed E-state index contributed by atoms with van der Waals surface area (Å²) in [6.45, 7) is 1.90. The van der Waals surface area contributed by atoms with Gasteiger partial charge in [-0.05, 0) is 25.0 Å². The highest BCUT2D eigenvalue weighted by atomic mass is 79.9. The van der Waals surface area contributed by atoms with Gasteiger partial charge in [0.15, 0.2) is 5.89 Å². The third kappa shape index (κ3) is 3.40. The van der Waals surface area contributed by atoms with E-state index in [1.165, 1.54) is 0 Å². The molecule has 1 aliphatic heterocycles. The van der Waals surface area contributed by atoms with Crippen molar-refractivity contribution < 1.29 is 13.9 Å². The molecule has 0 atom stereocenters. The number of rotatable bonds is 3. The average Bonchev–Trinajstić information content (AvgIpc) is 3.35. The first kappa shape index (κ1) is 15.5. The minimum Gasteiger partial charge on any atom is -0.491 e. The lowest BCUT2D eigenvalue weighted by molar-refractivity contribution is 0.186. The molecule has 1 aliphatic carbocycles. The number of amides is 2. The highest BCUT2D eigenvalue weighted by molar-refractivity contribution is 9.10. The molecule has 6 nitrogen and oxygen atoms in total. The summed E-state index contributed by atoms with van der Waals surface area (Å²) < 4.78 is 12.4. The molecule has 1 saturated carbocycles. The van der Waals surface area contributed by atoms with Crippen LogP contribution in [0.5, 0.6) is 5.75 Å². The fourth-order valence-corrected chi connectivity index (χ4v) is 3.06. The molecule has 1 N–H and O–H groups in total. The van der Waals surface area contributed by atoms with E-state index in [2.05, 4.69) is 26.2 Å². The van der Waals surface area contributed by atoms with Crippen molar-refractivity contribution in [3.05, 3.63) is 46.1 Å². The fraction of sp³-hybridized carbons (Fsp3) is 0.412. The van der Waals surface area contributed by atoms with Gasteiger partial charge in [-0.3, -0.25) is 0 Å². The van der Waals surface area contributed by atoms with Crippen LogP contribution in [0.25, 0.3) is 0 Å². The zero-order valence-electron chi connectivity index (χ0n) is 13.1. The summed E-state index contributed by atoms with van der Waals surface area (Å²) in [4.78, 5) is 18.5. The molecule has 2 heterocycles. The largest absolute Gasteiger partial charge is 0.491 e. The van der Waals surface area contributed by atoms with E-state index in [1.807, 2.05) is 18.2 Å². The van der Waals surface area contributed by atoms with Crippen LogP contribution in [0, 0.1) is 0 Å². The Hall–Kier alpha value is -2.02. The van der Waals surface area contributed by atoms with E-state index in [0.29, 0.717) is 37.9 Å². The van der Waals surface area contributed by atoms with Crippen LogP contribution in [0.4, 0.5) is 4.79 Å². The van der Waals surface area contributed by atoms with Gasteiger partial charge in [0.05, 0.1) is 25.8 Å². The number of aromatic nitrogens is 1. The van der Waals surface area contributed by atoms with Crippen molar-refractivity contribution in [2.75, 3.05) is 13.2 Å². The smallest absolute Gasteiger partial charge is 0.318 e. The molecule has 0 radical (unpaired) electrons. The number of ether oxygens (including phenoxy) is 1. The van der Waals surface area contributed by atoms with Crippen molar-refractivity contribution in [1.29, 1.82) is 0 Å². The van der Waals surface area contributed by atoms with Gasteiger partial charge < -0.3 is 19.4 Å². The number of hydrogen-bond acceptors (Lipinski definition) is 4. The van der Waals surface area contributed by atoms with Crippen LogP contribution in [0.1, 0.15) is 36.0 Å². The SMILES string of the molecule is O=C(NCc1cnc(C2CC2)o1)N1CCOc2cc(Br)ccc2C1. The van der Waals surface area contributed by atoms with Crippen LogP contribution in [0.15, 0.2) is 33.3 Å². The summed E-state index contributed by atoms with van der Waals surface area (Å²) in [5, 5.41) is 2.90. The number of halogens is 1. The van der Waals surface area contributed by atoms with Gasteiger partial charge in [0.1, 0.15) is 18.1 Å². The second kappa shape index (κ2) is 6.47. The van der Waals surface area contributed by atoms with Gasteiger partial charge >= 0.3 is 6.03 Å². The first-order valence-corrected chi connectivity index (χ1v) is 8.87. The predicted molar refractivity (Wildman–Crippen MR) is 90.8 cm³/mol. The monoisotopic (exact) mass is 391 g/mol. The molecule has 0 spiro atoms. The molecule has 2 aromatic rings. The summed E-state index contributed by atoms with van der Waals surface area (Å²) in [5.41, 5.74) is 1.00. The molecule has 0 unspecified atom stereocenters. The van der Waals surface area contributed by atoms with Crippen molar-refractivity contribution in [3.8, 4) is 5.75 Å². The zero-order chi connectivity index (χ0) is 16.5. The molecule has 1 aromatic carbocycles. The van der Waals surface area contributed by atoms with Crippen LogP contribution >= 0.6 is 15.9 Å². The Labute approximate surface area is 148 Å². The zero-order valence-corrected chi connectivity index (χ0v) is 14.7. The molecule has 0 saturated heterocycles. The van der Waals surface area contributed by atoms with Crippen LogP contribution in [-0.2, 0) is 13.1 Å². The molecule has 0 bridgehead atoms. The van der Waals surface area contributed by atoms with Crippen LogP contribution in [-0.4, -0.2) is 29.1 Å². The quantitative estimate of drug-likeness (QED) is 0.869. The van der Waals surface area contributed by atoms with Crippen molar-refractivity contribution in [1.82, 2.24) is 15.2 Å². The maximum Gasteiger partial charge on any atom is 0.318 e. The summed E-state index contributed by atoms with van der Waals surface area (Å²) in [6.07, 6.45) is 4.00. The molecule has 7 heteroatoms. The number of benzene rings is 1. The van der Waals surface area contributed by atoms with E-state index in [0.717, 1.165) is 34.5 Å². The Morgan fingerprint density at radius 1 is 1.42 bits per heavy atom. The maximum absolute atomic E-state index is 12.4. The van der Waals surface area contributed by atoms with Gasteiger partial charge in [-0.25, -0.2) is 9.78 Å². The van der Waals surface area contributed by atoms with Crippen molar-refractivity contribution in [2.24, 2.45) is 0 Å². The van der Waals surface area contributed by atoms with Crippen LogP contribution < -0.4 is 10.1 Å². The third-order valence-electron chi connectivity index (χ3n) is 4.21. The lowest BCUT2D eigenvalue weighted by Crippen LogP contribution is -2.40. The predicted octanol–water partition coefficient (Wildman–Crippen LogP) is 3.42. The van der Waals surface area contributed by atoms with Gasteiger partial charge in [0, 0.05) is 16.0 Å². The van der Waals surface area contributed by atoms with Crippen LogP contribution in [0.3, 0.4) is 0 Å². The maximum atomic E-state index is 12.4. The molecule has 2 amide bonds. The van der Waals surface area contributed by atoms with Crippen molar-refractivity contribution in [2.45, 2.75) is 31.8 Å². The van der Waals surface area contributed by atoms with Gasteiger partial charge in [0.2, 0.25) is 0 Å². The Kier molecular flexibility index (Phi) is 4.18. The van der Waals surface area contributed by atoms with E-state index in [-0.39, 0.29) is 6.03 Å². The first-order chi connectivity index (χ1) is 11.7. The second-order valence-corrected chi connectivity index (χ2v) is 7.04. The molecule has 1 aromatic heterocycles. The lowest BCUT2D eigenvalue weighted by Gasteiger charge is -2.20. The number of nitrogens with one attached hydrogen (secondary N) is 1. The van der Waals surface area contributed by atoms with Crippen molar-refractivity contribution >= 4 is 22.0 Å². The van der Waals surface area contributed by atoms with E-state index in [4.69, 9.17) is 9.15 Å². The number of carbonyl (C=O) groups is 1. The molecular weight excluding hydrogens is 374 g/mol. The molecule has 126 valence electrons. The van der Waals surface area contributed by atoms with E-state index in [1.54, 1.807) is 11.1 Å². The average molecular weight is 392 g/mol. The number of nitrogens with zero attached hydrogens (tertiary/aromatic N) is 2. The first-order valence-electron chi connectivity index (χ1n) is 8.07. The van der Waals surface area contributed by atoms with E-state index < -0.39 is 0 Å². The minimum atomic E-state index is -0.126. The molecule has 2 aliphatic rings.